The minimum Gasteiger partial charge on any atom is -0.497 e. The van der Waals surface area contributed by atoms with Gasteiger partial charge in [0.25, 0.3) is 5.91 Å². The number of unbranched alkanes of at least 4 members (excludes halogenated alkanes) is 7. The lowest BCUT2D eigenvalue weighted by atomic mass is 10.1. The van der Waals surface area contributed by atoms with Crippen molar-refractivity contribution in [2.24, 2.45) is 0 Å². The van der Waals surface area contributed by atoms with Gasteiger partial charge in [0.15, 0.2) is 0 Å². The summed E-state index contributed by atoms with van der Waals surface area (Å²) in [5, 5.41) is 2.72. The first kappa shape index (κ1) is 22.0. The van der Waals surface area contributed by atoms with Crippen LogP contribution in [0.3, 0.4) is 0 Å². The molecule has 5 nitrogen and oxygen atoms in total. The molecule has 0 radical (unpaired) electrons. The van der Waals surface area contributed by atoms with Gasteiger partial charge in [-0.2, -0.15) is 0 Å². The van der Waals surface area contributed by atoms with Crippen LogP contribution >= 0.6 is 0 Å². The number of carbonyl (C=O) groups excluding carboxylic acids is 2. The van der Waals surface area contributed by atoms with E-state index < -0.39 is 0 Å². The van der Waals surface area contributed by atoms with Gasteiger partial charge in [0, 0.05) is 12.1 Å². The van der Waals surface area contributed by atoms with Gasteiger partial charge in [-0.05, 0) is 24.6 Å². The van der Waals surface area contributed by atoms with Crippen molar-refractivity contribution >= 4 is 11.9 Å². The van der Waals surface area contributed by atoms with Gasteiger partial charge in [0.05, 0.1) is 20.1 Å². The van der Waals surface area contributed by atoms with Crippen LogP contribution in [0.5, 0.6) is 5.75 Å². The monoisotopic (exact) mass is 363 g/mol. The fraction of sp³-hybridized carbons (Fsp3) is 0.619. The molecule has 0 aliphatic rings. The largest absolute Gasteiger partial charge is 0.497 e. The Morgan fingerprint density at radius 2 is 1.69 bits per heavy atom. The van der Waals surface area contributed by atoms with E-state index in [0.717, 1.165) is 12.8 Å². The summed E-state index contributed by atoms with van der Waals surface area (Å²) in [6.07, 6.45) is 9.91. The Bertz CT molecular complexity index is 530. The van der Waals surface area contributed by atoms with E-state index in [4.69, 9.17) is 9.47 Å². The molecule has 0 unspecified atom stereocenters. The Hall–Kier alpha value is -2.04. The first-order chi connectivity index (χ1) is 12.7. The number of nitrogens with one attached hydrogen (secondary N) is 1. The van der Waals surface area contributed by atoms with Gasteiger partial charge < -0.3 is 14.8 Å². The normalized spacial score (nSPS) is 10.4. The van der Waals surface area contributed by atoms with E-state index >= 15 is 0 Å². The number of carbonyl (C=O) groups is 2. The fourth-order valence-corrected chi connectivity index (χ4v) is 2.64. The highest BCUT2D eigenvalue weighted by Gasteiger charge is 2.08. The highest BCUT2D eigenvalue weighted by atomic mass is 16.5. The van der Waals surface area contributed by atoms with Crippen molar-refractivity contribution in [2.75, 3.05) is 20.3 Å². The molecule has 1 aromatic carbocycles. The maximum atomic E-state index is 12.0. The lowest BCUT2D eigenvalue weighted by Crippen LogP contribution is -2.26. The molecule has 1 rings (SSSR count). The van der Waals surface area contributed by atoms with E-state index in [1.54, 1.807) is 31.4 Å². The summed E-state index contributed by atoms with van der Waals surface area (Å²) >= 11 is 0. The van der Waals surface area contributed by atoms with Gasteiger partial charge in [-0.3, -0.25) is 9.59 Å². The van der Waals surface area contributed by atoms with E-state index in [1.165, 1.54) is 38.5 Å². The van der Waals surface area contributed by atoms with Crippen LogP contribution in [0.15, 0.2) is 24.3 Å². The van der Waals surface area contributed by atoms with Crippen molar-refractivity contribution in [1.29, 1.82) is 0 Å². The van der Waals surface area contributed by atoms with E-state index in [0.29, 0.717) is 17.9 Å². The molecule has 0 heterocycles. The summed E-state index contributed by atoms with van der Waals surface area (Å²) in [4.78, 5) is 23.7. The van der Waals surface area contributed by atoms with Crippen LogP contribution in [0.2, 0.25) is 0 Å². The molecule has 26 heavy (non-hydrogen) atoms. The average molecular weight is 363 g/mol. The minimum absolute atomic E-state index is 0.187. The zero-order chi connectivity index (χ0) is 19.0. The third kappa shape index (κ3) is 10.1. The number of benzene rings is 1. The summed E-state index contributed by atoms with van der Waals surface area (Å²) in [5.41, 5.74) is 0.511. The van der Waals surface area contributed by atoms with Crippen molar-refractivity contribution in [1.82, 2.24) is 5.32 Å². The Kier molecular flexibility index (Phi) is 12.0. The Labute approximate surface area is 157 Å². The van der Waals surface area contributed by atoms with Gasteiger partial charge >= 0.3 is 5.97 Å². The van der Waals surface area contributed by atoms with Crippen LogP contribution in [0.1, 0.15) is 75.1 Å². The molecule has 0 aromatic heterocycles. The molecular formula is C21H33NO4. The quantitative estimate of drug-likeness (QED) is 0.390. The van der Waals surface area contributed by atoms with Gasteiger partial charge in [0.1, 0.15) is 5.75 Å². The van der Waals surface area contributed by atoms with Gasteiger partial charge in [-0.1, -0.05) is 57.9 Å². The van der Waals surface area contributed by atoms with Crippen LogP contribution < -0.4 is 10.1 Å². The number of ether oxygens (including phenoxy) is 2. The number of amides is 1. The zero-order valence-corrected chi connectivity index (χ0v) is 16.2. The summed E-state index contributed by atoms with van der Waals surface area (Å²) in [6, 6.07) is 6.90. The maximum Gasteiger partial charge on any atom is 0.307 e. The van der Waals surface area contributed by atoms with E-state index in [1.807, 2.05) is 0 Å². The molecular weight excluding hydrogens is 330 g/mol. The molecule has 0 bridgehead atoms. The summed E-state index contributed by atoms with van der Waals surface area (Å²) < 4.78 is 10.3. The Morgan fingerprint density at radius 1 is 1.00 bits per heavy atom. The summed E-state index contributed by atoms with van der Waals surface area (Å²) in [5.74, 6) is 0.140. The van der Waals surface area contributed by atoms with E-state index in [2.05, 4.69) is 12.2 Å². The second-order valence-electron chi connectivity index (χ2n) is 6.43. The summed E-state index contributed by atoms with van der Waals surface area (Å²) in [7, 11) is 1.56. The van der Waals surface area contributed by atoms with Gasteiger partial charge in [-0.25, -0.2) is 0 Å². The predicted octanol–water partition coefficient (Wildman–Crippen LogP) is 4.50. The molecule has 0 atom stereocenters. The Morgan fingerprint density at radius 3 is 2.38 bits per heavy atom. The number of esters is 1. The van der Waals surface area contributed by atoms with Crippen LogP contribution in [0.25, 0.3) is 0 Å². The predicted molar refractivity (Wildman–Crippen MR) is 104 cm³/mol. The van der Waals surface area contributed by atoms with Crippen molar-refractivity contribution in [3.05, 3.63) is 29.8 Å². The maximum absolute atomic E-state index is 12.0. The fourth-order valence-electron chi connectivity index (χ4n) is 2.64. The van der Waals surface area contributed by atoms with Gasteiger partial charge in [-0.15, -0.1) is 0 Å². The highest BCUT2D eigenvalue weighted by molar-refractivity contribution is 5.94. The SMILES string of the molecule is CCCCCCCCCCOC(=O)CCNC(=O)c1cccc(OC)c1. The second kappa shape index (κ2) is 14.2. The van der Waals surface area contributed by atoms with Crippen molar-refractivity contribution < 1.29 is 19.1 Å². The number of hydrogen-bond donors (Lipinski definition) is 1. The number of methoxy groups -OCH3 is 1. The lowest BCUT2D eigenvalue weighted by molar-refractivity contribution is -0.143. The molecule has 0 saturated heterocycles. The molecule has 0 saturated carbocycles. The first-order valence-electron chi connectivity index (χ1n) is 9.75. The van der Waals surface area contributed by atoms with Crippen molar-refractivity contribution in [2.45, 2.75) is 64.7 Å². The van der Waals surface area contributed by atoms with Crippen LogP contribution in [-0.2, 0) is 9.53 Å². The average Bonchev–Trinajstić information content (AvgIpc) is 2.66. The molecule has 0 aliphatic carbocycles. The molecule has 0 spiro atoms. The van der Waals surface area contributed by atoms with E-state index in [9.17, 15) is 9.59 Å². The smallest absolute Gasteiger partial charge is 0.307 e. The molecule has 1 aromatic rings. The summed E-state index contributed by atoms with van der Waals surface area (Å²) in [6.45, 7) is 2.96. The Balaban J connectivity index is 2.03. The third-order valence-electron chi connectivity index (χ3n) is 4.21. The minimum atomic E-state index is -0.265. The van der Waals surface area contributed by atoms with Gasteiger partial charge in [0.2, 0.25) is 0 Å². The zero-order valence-electron chi connectivity index (χ0n) is 16.2. The molecule has 146 valence electrons. The highest BCUT2D eigenvalue weighted by Crippen LogP contribution is 2.12. The second-order valence-corrected chi connectivity index (χ2v) is 6.43. The lowest BCUT2D eigenvalue weighted by Gasteiger charge is -2.07. The number of hydrogen-bond acceptors (Lipinski definition) is 4. The first-order valence-corrected chi connectivity index (χ1v) is 9.75. The van der Waals surface area contributed by atoms with Crippen molar-refractivity contribution in [3.63, 3.8) is 0 Å². The van der Waals surface area contributed by atoms with E-state index in [-0.39, 0.29) is 24.8 Å². The van der Waals surface area contributed by atoms with Crippen LogP contribution in [-0.4, -0.2) is 32.1 Å². The van der Waals surface area contributed by atoms with Crippen LogP contribution in [0.4, 0.5) is 0 Å². The number of rotatable bonds is 14. The third-order valence-corrected chi connectivity index (χ3v) is 4.21. The molecule has 0 fully saturated rings. The standard InChI is InChI=1S/C21H33NO4/c1-3-4-5-6-7-8-9-10-16-26-20(23)14-15-22-21(24)18-12-11-13-19(17-18)25-2/h11-13,17H,3-10,14-16H2,1-2H3,(H,22,24). The van der Waals surface area contributed by atoms with Crippen LogP contribution in [0, 0.1) is 0 Å². The van der Waals surface area contributed by atoms with Crippen molar-refractivity contribution in [3.8, 4) is 5.75 Å². The molecule has 5 heteroatoms. The molecule has 1 amide bonds. The molecule has 1 N–H and O–H groups in total. The molecule has 0 aliphatic heterocycles. The topological polar surface area (TPSA) is 64.6 Å².